The Labute approximate surface area is 123 Å². The lowest BCUT2D eigenvalue weighted by Crippen LogP contribution is -2.38. The van der Waals surface area contributed by atoms with Crippen LogP contribution in [0, 0.1) is 11.8 Å². The Morgan fingerprint density at radius 3 is 2.79 bits per heavy atom. The first-order chi connectivity index (χ1) is 8.78. The van der Waals surface area contributed by atoms with E-state index in [0.29, 0.717) is 6.04 Å². The van der Waals surface area contributed by atoms with Gasteiger partial charge in [-0.05, 0) is 50.6 Å². The summed E-state index contributed by atoms with van der Waals surface area (Å²) in [5.41, 5.74) is 0. The van der Waals surface area contributed by atoms with Gasteiger partial charge in [0.2, 0.25) is 5.91 Å². The molecule has 19 heavy (non-hydrogen) atoms. The Morgan fingerprint density at radius 2 is 2.11 bits per heavy atom. The minimum Gasteiger partial charge on any atom is -0.353 e. The molecule has 3 nitrogen and oxygen atoms in total. The molecule has 2 rings (SSSR count). The van der Waals surface area contributed by atoms with Gasteiger partial charge in [0, 0.05) is 12.5 Å². The van der Waals surface area contributed by atoms with Crippen molar-refractivity contribution >= 4 is 18.3 Å². The molecule has 2 fully saturated rings. The number of nitrogens with one attached hydrogen (secondary N) is 2. The highest BCUT2D eigenvalue weighted by Crippen LogP contribution is 2.26. The number of halogens is 1. The van der Waals surface area contributed by atoms with Crippen molar-refractivity contribution in [2.24, 2.45) is 11.8 Å². The summed E-state index contributed by atoms with van der Waals surface area (Å²) in [6, 6.07) is 0.456. The number of amides is 1. The lowest BCUT2D eigenvalue weighted by Gasteiger charge is -2.29. The summed E-state index contributed by atoms with van der Waals surface area (Å²) in [4.78, 5) is 11.9. The van der Waals surface area contributed by atoms with Crippen molar-refractivity contribution in [1.29, 1.82) is 0 Å². The minimum atomic E-state index is 0. The Kier molecular flexibility index (Phi) is 7.77. The van der Waals surface area contributed by atoms with Crippen LogP contribution in [-0.2, 0) is 4.79 Å². The Morgan fingerprint density at radius 1 is 1.26 bits per heavy atom. The van der Waals surface area contributed by atoms with Gasteiger partial charge in [-0.25, -0.2) is 0 Å². The summed E-state index contributed by atoms with van der Waals surface area (Å²) in [6.45, 7) is 4.50. The molecular formula is C15H29ClN2O. The molecule has 2 N–H and O–H groups in total. The third-order valence-corrected chi connectivity index (χ3v) is 4.67. The second-order valence-corrected chi connectivity index (χ2v) is 6.10. The third-order valence-electron chi connectivity index (χ3n) is 4.67. The highest BCUT2D eigenvalue weighted by atomic mass is 35.5. The molecule has 1 heterocycles. The molecule has 0 aromatic rings. The van der Waals surface area contributed by atoms with Gasteiger partial charge in [-0.15, -0.1) is 12.4 Å². The summed E-state index contributed by atoms with van der Waals surface area (Å²) >= 11 is 0. The third kappa shape index (κ3) is 5.70. The van der Waals surface area contributed by atoms with Gasteiger partial charge in [-0.1, -0.05) is 26.2 Å². The summed E-state index contributed by atoms with van der Waals surface area (Å²) < 4.78 is 0. The predicted molar refractivity (Wildman–Crippen MR) is 81.6 cm³/mol. The molecular weight excluding hydrogens is 260 g/mol. The molecule has 0 bridgehead atoms. The lowest BCUT2D eigenvalue weighted by molar-refractivity contribution is -0.122. The van der Waals surface area contributed by atoms with E-state index in [1.165, 1.54) is 38.5 Å². The molecule has 1 aliphatic heterocycles. The van der Waals surface area contributed by atoms with Crippen LogP contribution >= 0.6 is 12.4 Å². The van der Waals surface area contributed by atoms with Crippen LogP contribution < -0.4 is 10.6 Å². The van der Waals surface area contributed by atoms with E-state index in [4.69, 9.17) is 0 Å². The molecule has 1 amide bonds. The SMILES string of the molecule is CCC1CCCC(NC(=O)CCC2CCNC2)C1.Cl. The fourth-order valence-electron chi connectivity index (χ4n) is 3.39. The molecule has 2 aliphatic rings. The lowest BCUT2D eigenvalue weighted by atomic mass is 9.84. The maximum Gasteiger partial charge on any atom is 0.220 e. The van der Waals surface area contributed by atoms with Crippen molar-refractivity contribution in [2.75, 3.05) is 13.1 Å². The molecule has 1 aliphatic carbocycles. The molecule has 3 unspecified atom stereocenters. The van der Waals surface area contributed by atoms with Gasteiger partial charge >= 0.3 is 0 Å². The second-order valence-electron chi connectivity index (χ2n) is 6.10. The maximum absolute atomic E-state index is 11.9. The van der Waals surface area contributed by atoms with Gasteiger partial charge in [-0.3, -0.25) is 4.79 Å². The van der Waals surface area contributed by atoms with Crippen LogP contribution in [0.15, 0.2) is 0 Å². The monoisotopic (exact) mass is 288 g/mol. The second kappa shape index (κ2) is 8.80. The fraction of sp³-hybridized carbons (Fsp3) is 0.933. The standard InChI is InChI=1S/C15H28N2O.ClH/c1-2-12-4-3-5-14(10-12)17-15(18)7-6-13-8-9-16-11-13;/h12-14,16H,2-11H2,1H3,(H,17,18);1H. The molecule has 1 saturated heterocycles. The number of carbonyl (C=O) groups excluding carboxylic acids is 1. The van der Waals surface area contributed by atoms with Crippen molar-refractivity contribution in [3.63, 3.8) is 0 Å². The quantitative estimate of drug-likeness (QED) is 0.817. The first-order valence-corrected chi connectivity index (χ1v) is 7.78. The van der Waals surface area contributed by atoms with Crippen molar-refractivity contribution in [2.45, 2.75) is 64.3 Å². The van der Waals surface area contributed by atoms with E-state index in [1.54, 1.807) is 0 Å². The van der Waals surface area contributed by atoms with Crippen LogP contribution in [0.25, 0.3) is 0 Å². The van der Waals surface area contributed by atoms with Crippen LogP contribution in [0.1, 0.15) is 58.3 Å². The molecule has 112 valence electrons. The van der Waals surface area contributed by atoms with Gasteiger partial charge in [0.25, 0.3) is 0 Å². The Hall–Kier alpha value is -0.280. The molecule has 1 saturated carbocycles. The van der Waals surface area contributed by atoms with E-state index in [-0.39, 0.29) is 18.3 Å². The van der Waals surface area contributed by atoms with E-state index in [9.17, 15) is 4.79 Å². The number of carbonyl (C=O) groups is 1. The molecule has 4 heteroatoms. The van der Waals surface area contributed by atoms with Gasteiger partial charge in [0.1, 0.15) is 0 Å². The Bertz CT molecular complexity index is 267. The summed E-state index contributed by atoms with van der Waals surface area (Å²) in [6.07, 6.45) is 9.32. The first-order valence-electron chi connectivity index (χ1n) is 7.78. The number of hydrogen-bond acceptors (Lipinski definition) is 2. The summed E-state index contributed by atoms with van der Waals surface area (Å²) in [7, 11) is 0. The van der Waals surface area contributed by atoms with Crippen LogP contribution in [0.3, 0.4) is 0 Å². The minimum absolute atomic E-state index is 0. The molecule has 0 spiro atoms. The highest BCUT2D eigenvalue weighted by Gasteiger charge is 2.22. The van der Waals surface area contributed by atoms with E-state index in [1.807, 2.05) is 0 Å². The average Bonchev–Trinajstić information content (AvgIpc) is 2.90. The van der Waals surface area contributed by atoms with E-state index in [2.05, 4.69) is 17.6 Å². The van der Waals surface area contributed by atoms with Crippen LogP contribution in [0.2, 0.25) is 0 Å². The Balaban J connectivity index is 0.00000180. The van der Waals surface area contributed by atoms with Crippen LogP contribution in [-0.4, -0.2) is 25.0 Å². The predicted octanol–water partition coefficient (Wildman–Crippen LogP) is 2.88. The normalized spacial score (nSPS) is 30.7. The first kappa shape index (κ1) is 16.8. The average molecular weight is 289 g/mol. The summed E-state index contributed by atoms with van der Waals surface area (Å²) in [5, 5.41) is 6.61. The number of hydrogen-bond donors (Lipinski definition) is 2. The fourth-order valence-corrected chi connectivity index (χ4v) is 3.39. The highest BCUT2D eigenvalue weighted by molar-refractivity contribution is 5.85. The molecule has 0 aromatic heterocycles. The van der Waals surface area contributed by atoms with E-state index >= 15 is 0 Å². The summed E-state index contributed by atoms with van der Waals surface area (Å²) in [5.74, 6) is 1.84. The van der Waals surface area contributed by atoms with Crippen molar-refractivity contribution in [3.8, 4) is 0 Å². The van der Waals surface area contributed by atoms with Gasteiger partial charge in [0.15, 0.2) is 0 Å². The van der Waals surface area contributed by atoms with E-state index < -0.39 is 0 Å². The number of rotatable bonds is 5. The zero-order valence-electron chi connectivity index (χ0n) is 12.1. The van der Waals surface area contributed by atoms with E-state index in [0.717, 1.165) is 37.8 Å². The van der Waals surface area contributed by atoms with Gasteiger partial charge < -0.3 is 10.6 Å². The van der Waals surface area contributed by atoms with Crippen LogP contribution in [0.4, 0.5) is 0 Å². The maximum atomic E-state index is 11.9. The molecule has 0 radical (unpaired) electrons. The van der Waals surface area contributed by atoms with Crippen molar-refractivity contribution < 1.29 is 4.79 Å². The smallest absolute Gasteiger partial charge is 0.220 e. The molecule has 3 atom stereocenters. The molecule has 0 aromatic carbocycles. The zero-order chi connectivity index (χ0) is 12.8. The van der Waals surface area contributed by atoms with Gasteiger partial charge in [0.05, 0.1) is 0 Å². The van der Waals surface area contributed by atoms with Gasteiger partial charge in [-0.2, -0.15) is 0 Å². The zero-order valence-corrected chi connectivity index (χ0v) is 12.9. The van der Waals surface area contributed by atoms with Crippen molar-refractivity contribution in [3.05, 3.63) is 0 Å². The largest absolute Gasteiger partial charge is 0.353 e. The topological polar surface area (TPSA) is 41.1 Å². The van der Waals surface area contributed by atoms with Crippen molar-refractivity contribution in [1.82, 2.24) is 10.6 Å². The van der Waals surface area contributed by atoms with Crippen LogP contribution in [0.5, 0.6) is 0 Å².